The predicted molar refractivity (Wildman–Crippen MR) is 149 cm³/mol. The average molecular weight is 512 g/mol. The molecule has 1 fully saturated rings. The van der Waals surface area contributed by atoms with Crippen molar-refractivity contribution in [3.63, 3.8) is 0 Å². The van der Waals surface area contributed by atoms with Gasteiger partial charge in [0.2, 0.25) is 5.91 Å². The molecule has 0 radical (unpaired) electrons. The molecule has 2 aromatic heterocycles. The highest BCUT2D eigenvalue weighted by Gasteiger charge is 2.41. The number of hydrogen-bond acceptors (Lipinski definition) is 4. The smallest absolute Gasteiger partial charge is 0.226 e. The topological polar surface area (TPSA) is 82.4 Å². The number of aromatic nitrogens is 2. The third kappa shape index (κ3) is 5.06. The summed E-state index contributed by atoms with van der Waals surface area (Å²) in [5, 5.41) is 16.8. The minimum Gasteiger partial charge on any atom is -0.508 e. The van der Waals surface area contributed by atoms with Crippen molar-refractivity contribution < 1.29 is 9.90 Å². The van der Waals surface area contributed by atoms with E-state index in [9.17, 15) is 9.90 Å². The van der Waals surface area contributed by atoms with E-state index in [2.05, 4.69) is 45.0 Å². The van der Waals surface area contributed by atoms with Crippen molar-refractivity contribution in [1.29, 1.82) is 0 Å². The van der Waals surface area contributed by atoms with Gasteiger partial charge in [0.1, 0.15) is 5.75 Å². The molecule has 188 valence electrons. The van der Waals surface area contributed by atoms with Gasteiger partial charge in [-0.1, -0.05) is 24.3 Å². The van der Waals surface area contributed by atoms with Crippen LogP contribution in [0.4, 0.5) is 5.69 Å². The summed E-state index contributed by atoms with van der Waals surface area (Å²) in [7, 11) is 0. The number of para-hydroxylation sites is 1. The van der Waals surface area contributed by atoms with E-state index in [0.717, 1.165) is 34.0 Å². The molecule has 37 heavy (non-hydrogen) atoms. The molecule has 0 aliphatic carbocycles. The Labute approximate surface area is 221 Å². The highest BCUT2D eigenvalue weighted by atomic mass is 32.1. The molecule has 8 heteroatoms. The molecule has 1 aliphatic rings. The van der Waals surface area contributed by atoms with Crippen LogP contribution in [0.1, 0.15) is 41.1 Å². The molecule has 0 spiro atoms. The third-order valence-electron chi connectivity index (χ3n) is 6.73. The maximum Gasteiger partial charge on any atom is 0.226 e. The van der Waals surface area contributed by atoms with Crippen LogP contribution in [0.15, 0.2) is 85.1 Å². The zero-order valence-corrected chi connectivity index (χ0v) is 21.6. The molecule has 2 atom stereocenters. The molecule has 0 saturated carbocycles. The Morgan fingerprint density at radius 3 is 2.49 bits per heavy atom. The maximum atomic E-state index is 12.8. The molecule has 0 bridgehead atoms. The number of anilines is 1. The van der Waals surface area contributed by atoms with Gasteiger partial charge in [-0.05, 0) is 86.2 Å². The van der Waals surface area contributed by atoms with Crippen LogP contribution in [0, 0.1) is 13.8 Å². The number of carbonyl (C=O) groups is 1. The number of hydrogen-bond donors (Lipinski definition) is 3. The fraction of sp³-hybridized carbons (Fsp3) is 0.207. The van der Waals surface area contributed by atoms with E-state index in [1.165, 1.54) is 0 Å². The standard InChI is InChI=1S/C29H29N5O2S/c1-19-18-24(20(2)34(19)22-11-13-23(35)14-12-22)28-27(25-10-6-7-16-30-25)32-29(37)33(28)17-15-26(36)31-21-8-4-3-5-9-21/h3-14,16,18,27-28,35H,15,17H2,1-2H3,(H,31,36)(H,32,37)/t27-,28-/m1/s1. The summed E-state index contributed by atoms with van der Waals surface area (Å²) < 4.78 is 2.17. The molecule has 3 heterocycles. The number of pyridine rings is 1. The number of amides is 1. The second kappa shape index (κ2) is 10.4. The van der Waals surface area contributed by atoms with Crippen molar-refractivity contribution in [1.82, 2.24) is 19.8 Å². The Morgan fingerprint density at radius 2 is 1.78 bits per heavy atom. The average Bonchev–Trinajstić information content (AvgIpc) is 3.39. The monoisotopic (exact) mass is 511 g/mol. The van der Waals surface area contributed by atoms with Crippen molar-refractivity contribution in [3.05, 3.63) is 108 Å². The van der Waals surface area contributed by atoms with Gasteiger partial charge in [-0.15, -0.1) is 0 Å². The third-order valence-corrected chi connectivity index (χ3v) is 7.08. The molecule has 3 N–H and O–H groups in total. The first-order valence-corrected chi connectivity index (χ1v) is 12.6. The van der Waals surface area contributed by atoms with Gasteiger partial charge in [0, 0.05) is 41.9 Å². The fourth-order valence-corrected chi connectivity index (χ4v) is 5.37. The van der Waals surface area contributed by atoms with Gasteiger partial charge in [-0.2, -0.15) is 0 Å². The minimum absolute atomic E-state index is 0.0661. The van der Waals surface area contributed by atoms with Gasteiger partial charge in [0.15, 0.2) is 5.11 Å². The van der Waals surface area contributed by atoms with Crippen LogP contribution >= 0.6 is 12.2 Å². The first-order chi connectivity index (χ1) is 17.9. The van der Waals surface area contributed by atoms with Gasteiger partial charge < -0.3 is 25.2 Å². The number of phenolic OH excluding ortho intramolecular Hbond substituents is 1. The summed E-state index contributed by atoms with van der Waals surface area (Å²) in [5.41, 5.74) is 5.88. The van der Waals surface area contributed by atoms with Crippen molar-refractivity contribution >= 4 is 28.9 Å². The largest absolute Gasteiger partial charge is 0.508 e. The van der Waals surface area contributed by atoms with E-state index >= 15 is 0 Å². The van der Waals surface area contributed by atoms with Crippen molar-refractivity contribution in [2.45, 2.75) is 32.4 Å². The second-order valence-electron chi connectivity index (χ2n) is 9.16. The lowest BCUT2D eigenvalue weighted by Gasteiger charge is -2.28. The normalized spacial score (nSPS) is 17.0. The van der Waals surface area contributed by atoms with E-state index in [1.807, 2.05) is 60.7 Å². The van der Waals surface area contributed by atoms with Crippen LogP contribution in [-0.4, -0.2) is 37.1 Å². The SMILES string of the molecule is Cc1cc([C@@H]2[C@@H](c3ccccn3)NC(=S)N2CCC(=O)Nc2ccccc2)c(C)n1-c1ccc(O)cc1. The molecule has 4 aromatic rings. The van der Waals surface area contributed by atoms with E-state index < -0.39 is 0 Å². The molecule has 1 aliphatic heterocycles. The predicted octanol–water partition coefficient (Wildman–Crippen LogP) is 5.20. The van der Waals surface area contributed by atoms with Crippen molar-refractivity contribution in [2.24, 2.45) is 0 Å². The lowest BCUT2D eigenvalue weighted by Crippen LogP contribution is -2.32. The van der Waals surface area contributed by atoms with Gasteiger partial charge in [-0.25, -0.2) is 0 Å². The van der Waals surface area contributed by atoms with E-state index in [1.54, 1.807) is 18.3 Å². The van der Waals surface area contributed by atoms with Crippen LogP contribution in [0.3, 0.4) is 0 Å². The molecule has 1 amide bonds. The zero-order valence-electron chi connectivity index (χ0n) is 20.8. The summed E-state index contributed by atoms with van der Waals surface area (Å²) in [6, 6.07) is 24.4. The molecular formula is C29H29N5O2S. The van der Waals surface area contributed by atoms with Crippen LogP contribution in [0.2, 0.25) is 0 Å². The summed E-state index contributed by atoms with van der Waals surface area (Å²) in [6.45, 7) is 4.62. The van der Waals surface area contributed by atoms with Crippen LogP contribution in [0.25, 0.3) is 5.69 Å². The number of benzene rings is 2. The van der Waals surface area contributed by atoms with E-state index in [0.29, 0.717) is 18.1 Å². The van der Waals surface area contributed by atoms with Gasteiger partial charge in [0.25, 0.3) is 0 Å². The van der Waals surface area contributed by atoms with Gasteiger partial charge in [0.05, 0.1) is 17.8 Å². The lowest BCUT2D eigenvalue weighted by molar-refractivity contribution is -0.116. The van der Waals surface area contributed by atoms with Crippen LogP contribution in [0.5, 0.6) is 5.75 Å². The number of nitrogens with one attached hydrogen (secondary N) is 2. The van der Waals surface area contributed by atoms with Crippen molar-refractivity contribution in [2.75, 3.05) is 11.9 Å². The Bertz CT molecular complexity index is 1400. The fourth-order valence-electron chi connectivity index (χ4n) is 5.04. The van der Waals surface area contributed by atoms with Crippen LogP contribution < -0.4 is 10.6 Å². The summed E-state index contributed by atoms with van der Waals surface area (Å²) in [6.07, 6.45) is 2.08. The number of rotatable bonds is 7. The Balaban J connectivity index is 1.47. The highest BCUT2D eigenvalue weighted by molar-refractivity contribution is 7.80. The molecule has 5 rings (SSSR count). The summed E-state index contributed by atoms with van der Waals surface area (Å²) in [4.78, 5) is 19.5. The molecular weight excluding hydrogens is 482 g/mol. The van der Waals surface area contributed by atoms with Crippen molar-refractivity contribution in [3.8, 4) is 11.4 Å². The van der Waals surface area contributed by atoms with Gasteiger partial charge >= 0.3 is 0 Å². The Morgan fingerprint density at radius 1 is 1.05 bits per heavy atom. The maximum absolute atomic E-state index is 12.8. The molecule has 7 nitrogen and oxygen atoms in total. The van der Waals surface area contributed by atoms with Crippen LogP contribution in [-0.2, 0) is 4.79 Å². The zero-order chi connectivity index (χ0) is 25.9. The summed E-state index contributed by atoms with van der Waals surface area (Å²) in [5.74, 6) is 0.163. The second-order valence-corrected chi connectivity index (χ2v) is 9.55. The molecule has 0 unspecified atom stereocenters. The lowest BCUT2D eigenvalue weighted by atomic mass is 9.96. The first kappa shape index (κ1) is 24.5. The Kier molecular flexibility index (Phi) is 6.92. The number of carbonyl (C=O) groups excluding carboxylic acids is 1. The number of aryl methyl sites for hydroxylation is 1. The molecule has 1 saturated heterocycles. The quantitative estimate of drug-likeness (QED) is 0.296. The summed E-state index contributed by atoms with van der Waals surface area (Å²) >= 11 is 5.79. The highest BCUT2D eigenvalue weighted by Crippen LogP contribution is 2.41. The van der Waals surface area contributed by atoms with Gasteiger partial charge in [-0.3, -0.25) is 9.78 Å². The number of phenols is 1. The van der Waals surface area contributed by atoms with E-state index in [-0.39, 0.29) is 23.7 Å². The number of aromatic hydroxyl groups is 1. The number of thiocarbonyl (C=S) groups is 1. The Hall–Kier alpha value is -4.17. The first-order valence-electron chi connectivity index (χ1n) is 12.2. The number of nitrogens with zero attached hydrogens (tertiary/aromatic N) is 3. The molecule has 2 aromatic carbocycles. The van der Waals surface area contributed by atoms with E-state index in [4.69, 9.17) is 12.2 Å². The minimum atomic E-state index is -0.167.